The topological polar surface area (TPSA) is 88.1 Å². The van der Waals surface area contributed by atoms with Crippen LogP contribution >= 0.6 is 0 Å². The zero-order valence-electron chi connectivity index (χ0n) is 15.2. The molecule has 1 radical (unpaired) electrons. The minimum Gasteiger partial charge on any atom is -0.412 e. The molecule has 24 heavy (non-hydrogen) atoms. The second kappa shape index (κ2) is 5.78. The fourth-order valence-electron chi connectivity index (χ4n) is 3.41. The van der Waals surface area contributed by atoms with Gasteiger partial charge in [-0.05, 0) is 18.5 Å². The highest BCUT2D eigenvalue weighted by Gasteiger charge is 2.58. The number of nitrogen functional groups attached to an aromatic ring is 1. The third-order valence-electron chi connectivity index (χ3n) is 4.69. The number of hydrogen-bond donors (Lipinski definition) is 1. The number of aromatic nitrogens is 4. The number of nitrogens with zero attached hydrogens (tertiary/aromatic N) is 4. The molecule has 2 aromatic rings. The summed E-state index contributed by atoms with van der Waals surface area (Å²) in [6.45, 7) is 13.5. The van der Waals surface area contributed by atoms with Gasteiger partial charge in [0.15, 0.2) is 17.2 Å². The van der Waals surface area contributed by atoms with Crippen LogP contribution in [0.1, 0.15) is 27.7 Å². The minimum absolute atomic E-state index is 0.0551. The molecule has 3 rings (SSSR count). The molecule has 7 nitrogen and oxygen atoms in total. The second-order valence-electron chi connectivity index (χ2n) is 7.78. The molecule has 0 aromatic carbocycles. The third kappa shape index (κ3) is 2.62. The molecule has 1 fully saturated rings. The Kier molecular flexibility index (Phi) is 4.17. The number of nitrogens with two attached hydrogens (primary N) is 1. The third-order valence-corrected chi connectivity index (χ3v) is 5.41. The molecule has 0 bridgehead atoms. The first-order valence-corrected chi connectivity index (χ1v) is 10.6. The van der Waals surface area contributed by atoms with Crippen LogP contribution in [0.5, 0.6) is 0 Å². The van der Waals surface area contributed by atoms with Gasteiger partial charge in [0.05, 0.1) is 19.0 Å². The van der Waals surface area contributed by atoms with Gasteiger partial charge in [0.1, 0.15) is 11.8 Å². The summed E-state index contributed by atoms with van der Waals surface area (Å²) < 4.78 is 14.5. The van der Waals surface area contributed by atoms with Crippen molar-refractivity contribution in [2.45, 2.75) is 52.6 Å². The summed E-state index contributed by atoms with van der Waals surface area (Å²) in [5, 5.41) is 0. The molecule has 1 saturated heterocycles. The largest absolute Gasteiger partial charge is 0.412 e. The van der Waals surface area contributed by atoms with Crippen LogP contribution in [0.15, 0.2) is 12.7 Å². The Morgan fingerprint density at radius 1 is 1.33 bits per heavy atom. The van der Waals surface area contributed by atoms with Gasteiger partial charge in [-0.15, -0.1) is 0 Å². The van der Waals surface area contributed by atoms with E-state index in [9.17, 15) is 0 Å². The summed E-state index contributed by atoms with van der Waals surface area (Å²) in [5.41, 5.74) is 6.67. The molecule has 2 aromatic heterocycles. The lowest BCUT2D eigenvalue weighted by atomic mass is 9.72. The number of ether oxygens (including phenoxy) is 1. The number of imidazole rings is 1. The minimum atomic E-state index is -0.841. The Hall–Kier alpha value is -1.51. The normalized spacial score (nSPS) is 27.6. The van der Waals surface area contributed by atoms with Gasteiger partial charge >= 0.3 is 0 Å². The summed E-state index contributed by atoms with van der Waals surface area (Å²) in [7, 11) is -0.841. The van der Waals surface area contributed by atoms with Gasteiger partial charge in [-0.1, -0.05) is 27.7 Å². The molecule has 1 aliphatic heterocycles. The van der Waals surface area contributed by atoms with Crippen molar-refractivity contribution < 1.29 is 9.16 Å². The quantitative estimate of drug-likeness (QED) is 0.854. The SMILES string of the molecule is C[C@@H]1[C@@H](C(C)(C)C)O[C@]1(CO[Si](C)C)n1cnc2c(N)ncnc21. The van der Waals surface area contributed by atoms with Crippen molar-refractivity contribution in [1.29, 1.82) is 0 Å². The summed E-state index contributed by atoms with van der Waals surface area (Å²) in [4.78, 5) is 12.8. The van der Waals surface area contributed by atoms with E-state index in [1.54, 1.807) is 6.33 Å². The average molecular weight is 349 g/mol. The van der Waals surface area contributed by atoms with Crippen LogP contribution in [-0.2, 0) is 14.9 Å². The van der Waals surface area contributed by atoms with Crippen molar-refractivity contribution in [2.24, 2.45) is 11.3 Å². The van der Waals surface area contributed by atoms with Gasteiger partial charge in [-0.3, -0.25) is 4.57 Å². The number of hydrogen-bond acceptors (Lipinski definition) is 6. The highest BCUT2D eigenvalue weighted by molar-refractivity contribution is 6.48. The van der Waals surface area contributed by atoms with E-state index >= 15 is 0 Å². The maximum Gasteiger partial charge on any atom is 0.205 e. The van der Waals surface area contributed by atoms with Gasteiger partial charge in [0.25, 0.3) is 0 Å². The molecule has 0 unspecified atom stereocenters. The van der Waals surface area contributed by atoms with E-state index in [4.69, 9.17) is 14.9 Å². The van der Waals surface area contributed by atoms with Gasteiger partial charge in [0.2, 0.25) is 9.04 Å². The maximum atomic E-state index is 6.46. The Morgan fingerprint density at radius 3 is 2.62 bits per heavy atom. The molecular weight excluding hydrogens is 322 g/mol. The van der Waals surface area contributed by atoms with Crippen molar-refractivity contribution in [3.8, 4) is 0 Å². The van der Waals surface area contributed by atoms with Crippen molar-refractivity contribution in [2.75, 3.05) is 12.3 Å². The molecule has 0 amide bonds. The van der Waals surface area contributed by atoms with Crippen LogP contribution in [-0.4, -0.2) is 41.3 Å². The van der Waals surface area contributed by atoms with Crippen molar-refractivity contribution >= 4 is 26.0 Å². The van der Waals surface area contributed by atoms with E-state index in [0.717, 1.165) is 0 Å². The summed E-state index contributed by atoms with van der Waals surface area (Å²) in [5.74, 6) is 0.636. The summed E-state index contributed by atoms with van der Waals surface area (Å²) >= 11 is 0. The van der Waals surface area contributed by atoms with E-state index in [1.165, 1.54) is 6.33 Å². The lowest BCUT2D eigenvalue weighted by Gasteiger charge is -2.58. The molecular formula is C16H26N5O2Si. The fourth-order valence-corrected chi connectivity index (χ4v) is 3.90. The average Bonchev–Trinajstić information content (AvgIpc) is 2.90. The molecule has 1 aliphatic rings. The number of fused-ring (bicyclic) bond motifs is 1. The molecule has 3 atom stereocenters. The van der Waals surface area contributed by atoms with Gasteiger partial charge in [-0.25, -0.2) is 15.0 Å². The van der Waals surface area contributed by atoms with Crippen LogP contribution in [0.4, 0.5) is 5.82 Å². The molecule has 131 valence electrons. The van der Waals surface area contributed by atoms with Crippen LogP contribution in [0.2, 0.25) is 13.1 Å². The lowest BCUT2D eigenvalue weighted by Crippen LogP contribution is -2.66. The van der Waals surface area contributed by atoms with E-state index in [1.807, 2.05) is 4.57 Å². The summed E-state index contributed by atoms with van der Waals surface area (Å²) in [6, 6.07) is 0. The highest BCUT2D eigenvalue weighted by atomic mass is 28.3. The van der Waals surface area contributed by atoms with E-state index in [0.29, 0.717) is 23.6 Å². The van der Waals surface area contributed by atoms with Crippen LogP contribution < -0.4 is 5.73 Å². The zero-order chi connectivity index (χ0) is 17.7. The zero-order valence-corrected chi connectivity index (χ0v) is 16.2. The first-order valence-electron chi connectivity index (χ1n) is 8.21. The van der Waals surface area contributed by atoms with Gasteiger partial charge in [-0.2, -0.15) is 0 Å². The number of anilines is 1. The van der Waals surface area contributed by atoms with Crippen molar-refractivity contribution in [3.63, 3.8) is 0 Å². The molecule has 2 N–H and O–H groups in total. The molecule has 0 saturated carbocycles. The maximum absolute atomic E-state index is 6.46. The molecule has 0 spiro atoms. The van der Waals surface area contributed by atoms with E-state index < -0.39 is 14.8 Å². The fraction of sp³-hybridized carbons (Fsp3) is 0.688. The van der Waals surface area contributed by atoms with E-state index in [-0.39, 0.29) is 17.4 Å². The Balaban J connectivity index is 2.04. The van der Waals surface area contributed by atoms with Crippen molar-refractivity contribution in [1.82, 2.24) is 19.5 Å². The Bertz CT molecular complexity index is 742. The number of rotatable bonds is 4. The lowest BCUT2D eigenvalue weighted by molar-refractivity contribution is -0.338. The first kappa shape index (κ1) is 17.3. The van der Waals surface area contributed by atoms with Gasteiger partial charge < -0.3 is 14.9 Å². The smallest absolute Gasteiger partial charge is 0.205 e. The van der Waals surface area contributed by atoms with Crippen LogP contribution in [0.25, 0.3) is 11.2 Å². The second-order valence-corrected chi connectivity index (χ2v) is 9.89. The Labute approximate surface area is 144 Å². The van der Waals surface area contributed by atoms with Crippen LogP contribution in [0.3, 0.4) is 0 Å². The predicted molar refractivity (Wildman–Crippen MR) is 94.6 cm³/mol. The van der Waals surface area contributed by atoms with Crippen molar-refractivity contribution in [3.05, 3.63) is 12.7 Å². The monoisotopic (exact) mass is 348 g/mol. The van der Waals surface area contributed by atoms with Crippen LogP contribution in [0, 0.1) is 11.3 Å². The standard InChI is InChI=1S/C16H26N5O2Si/c1-10-12(15(2,3)4)23-16(10,7-22-24(5)6)21-9-20-11-13(17)18-8-19-14(11)21/h8-10,12H,7H2,1-6H3,(H2,17,18,19)/t10-,12+,16+/m1/s1. The molecule has 3 heterocycles. The molecule has 0 aliphatic carbocycles. The molecule has 8 heteroatoms. The summed E-state index contributed by atoms with van der Waals surface area (Å²) in [6.07, 6.45) is 3.35. The highest BCUT2D eigenvalue weighted by Crippen LogP contribution is 2.50. The van der Waals surface area contributed by atoms with E-state index in [2.05, 4.69) is 55.7 Å². The predicted octanol–water partition coefficient (Wildman–Crippen LogP) is 2.41. The Morgan fingerprint density at radius 2 is 2.04 bits per heavy atom. The van der Waals surface area contributed by atoms with Gasteiger partial charge in [0, 0.05) is 5.92 Å². The first-order chi connectivity index (χ1) is 11.2.